The van der Waals surface area contributed by atoms with Crippen LogP contribution in [-0.2, 0) is 0 Å². The molecule has 0 bridgehead atoms. The zero-order chi connectivity index (χ0) is 10.7. The molecule has 1 aliphatic carbocycles. The van der Waals surface area contributed by atoms with Gasteiger partial charge in [-0.05, 0) is 53.6 Å². The van der Waals surface area contributed by atoms with Crippen LogP contribution in [0.15, 0.2) is 18.2 Å². The molecule has 0 spiro atoms. The van der Waals surface area contributed by atoms with Crippen molar-refractivity contribution in [3.63, 3.8) is 0 Å². The fourth-order valence-corrected chi connectivity index (χ4v) is 2.65. The van der Waals surface area contributed by atoms with Crippen molar-refractivity contribution in [1.29, 1.82) is 0 Å². The average Bonchev–Trinajstić information content (AvgIpc) is 2.24. The lowest BCUT2D eigenvalue weighted by Crippen LogP contribution is -2.22. The van der Waals surface area contributed by atoms with E-state index in [1.54, 1.807) is 0 Å². The summed E-state index contributed by atoms with van der Waals surface area (Å²) in [6.07, 6.45) is 6.65. The summed E-state index contributed by atoms with van der Waals surface area (Å²) in [5.74, 6) is 0. The second-order valence-electron chi connectivity index (χ2n) is 4.21. The lowest BCUT2D eigenvalue weighted by Gasteiger charge is -2.24. The Balaban J connectivity index is 2.03. The average molecular weight is 316 g/mol. The van der Waals surface area contributed by atoms with Crippen molar-refractivity contribution in [3.8, 4) is 0 Å². The number of hydrogen-bond donors (Lipinski definition) is 2. The highest BCUT2D eigenvalue weighted by atomic mass is 127. The Kier molecular flexibility index (Phi) is 3.72. The first-order chi connectivity index (χ1) is 7.25. The van der Waals surface area contributed by atoms with E-state index in [1.165, 1.54) is 35.7 Å². The van der Waals surface area contributed by atoms with Crippen LogP contribution in [0.1, 0.15) is 32.1 Å². The van der Waals surface area contributed by atoms with Crippen LogP contribution in [0, 0.1) is 3.57 Å². The van der Waals surface area contributed by atoms with Gasteiger partial charge in [0.1, 0.15) is 0 Å². The lowest BCUT2D eigenvalue weighted by molar-refractivity contribution is 0.463. The molecule has 0 amide bonds. The quantitative estimate of drug-likeness (QED) is 0.646. The summed E-state index contributed by atoms with van der Waals surface area (Å²) < 4.78 is 1.19. The van der Waals surface area contributed by atoms with Gasteiger partial charge < -0.3 is 11.1 Å². The van der Waals surface area contributed by atoms with Gasteiger partial charge in [-0.2, -0.15) is 0 Å². The highest BCUT2D eigenvalue weighted by Crippen LogP contribution is 2.26. The summed E-state index contributed by atoms with van der Waals surface area (Å²) in [5, 5.41) is 3.55. The van der Waals surface area contributed by atoms with E-state index in [9.17, 15) is 0 Å². The van der Waals surface area contributed by atoms with Gasteiger partial charge in [0.25, 0.3) is 0 Å². The number of nitrogens with one attached hydrogen (secondary N) is 1. The number of nitrogens with two attached hydrogens (primary N) is 1. The van der Waals surface area contributed by atoms with E-state index in [0.717, 1.165) is 11.4 Å². The first-order valence-electron chi connectivity index (χ1n) is 5.57. The van der Waals surface area contributed by atoms with Gasteiger partial charge in [-0.15, -0.1) is 0 Å². The van der Waals surface area contributed by atoms with Crippen LogP contribution >= 0.6 is 22.6 Å². The van der Waals surface area contributed by atoms with Crippen LogP contribution in [-0.4, -0.2) is 6.04 Å². The molecule has 3 N–H and O–H groups in total. The molecular weight excluding hydrogens is 299 g/mol. The van der Waals surface area contributed by atoms with Crippen LogP contribution < -0.4 is 11.1 Å². The Morgan fingerprint density at radius 1 is 1.20 bits per heavy atom. The predicted molar refractivity (Wildman–Crippen MR) is 74.1 cm³/mol. The van der Waals surface area contributed by atoms with E-state index in [-0.39, 0.29) is 0 Å². The van der Waals surface area contributed by atoms with Crippen molar-refractivity contribution in [2.24, 2.45) is 0 Å². The molecule has 0 aromatic heterocycles. The Labute approximate surface area is 105 Å². The van der Waals surface area contributed by atoms with Gasteiger partial charge in [0.15, 0.2) is 0 Å². The van der Waals surface area contributed by atoms with Gasteiger partial charge in [0.05, 0.1) is 11.4 Å². The van der Waals surface area contributed by atoms with Gasteiger partial charge in [0, 0.05) is 9.61 Å². The van der Waals surface area contributed by atoms with Crippen LogP contribution in [0.3, 0.4) is 0 Å². The summed E-state index contributed by atoms with van der Waals surface area (Å²) >= 11 is 2.29. The second kappa shape index (κ2) is 5.05. The Morgan fingerprint density at radius 3 is 2.60 bits per heavy atom. The van der Waals surface area contributed by atoms with Gasteiger partial charge in [-0.25, -0.2) is 0 Å². The van der Waals surface area contributed by atoms with E-state index < -0.39 is 0 Å². The third-order valence-corrected chi connectivity index (χ3v) is 3.65. The highest BCUT2D eigenvalue weighted by Gasteiger charge is 2.13. The predicted octanol–water partition coefficient (Wildman–Crippen LogP) is 3.62. The van der Waals surface area contributed by atoms with Crippen molar-refractivity contribution < 1.29 is 0 Å². The van der Waals surface area contributed by atoms with Gasteiger partial charge in [-0.3, -0.25) is 0 Å². The van der Waals surface area contributed by atoms with Crippen molar-refractivity contribution in [2.75, 3.05) is 11.1 Å². The van der Waals surface area contributed by atoms with Gasteiger partial charge >= 0.3 is 0 Å². The molecule has 15 heavy (non-hydrogen) atoms. The summed E-state index contributed by atoms with van der Waals surface area (Å²) in [5.41, 5.74) is 7.94. The summed E-state index contributed by atoms with van der Waals surface area (Å²) in [6.45, 7) is 0. The molecule has 82 valence electrons. The van der Waals surface area contributed by atoms with Crippen molar-refractivity contribution in [2.45, 2.75) is 38.1 Å². The van der Waals surface area contributed by atoms with Crippen molar-refractivity contribution in [3.05, 3.63) is 21.8 Å². The molecule has 0 unspecified atom stereocenters. The molecular formula is C12H17IN2. The summed E-state index contributed by atoms with van der Waals surface area (Å²) in [4.78, 5) is 0. The second-order valence-corrected chi connectivity index (χ2v) is 5.46. The van der Waals surface area contributed by atoms with E-state index in [1.807, 2.05) is 6.07 Å². The number of anilines is 2. The van der Waals surface area contributed by atoms with Crippen LogP contribution in [0.25, 0.3) is 0 Å². The maximum absolute atomic E-state index is 5.97. The Bertz CT molecular complexity index is 332. The molecule has 1 aromatic rings. The van der Waals surface area contributed by atoms with E-state index in [2.05, 4.69) is 40.0 Å². The van der Waals surface area contributed by atoms with Crippen LogP contribution in [0.5, 0.6) is 0 Å². The molecule has 1 saturated carbocycles. The minimum atomic E-state index is 0.626. The summed E-state index contributed by atoms with van der Waals surface area (Å²) in [7, 11) is 0. The molecule has 0 radical (unpaired) electrons. The highest BCUT2D eigenvalue weighted by molar-refractivity contribution is 14.1. The molecule has 1 fully saturated rings. The fraction of sp³-hybridized carbons (Fsp3) is 0.500. The lowest BCUT2D eigenvalue weighted by atomic mass is 9.95. The maximum Gasteiger partial charge on any atom is 0.0576 e. The molecule has 0 atom stereocenters. The van der Waals surface area contributed by atoms with Crippen LogP contribution in [0.4, 0.5) is 11.4 Å². The number of benzene rings is 1. The first-order valence-corrected chi connectivity index (χ1v) is 6.65. The molecule has 1 aliphatic rings. The fourth-order valence-electron chi connectivity index (χ4n) is 2.13. The minimum Gasteiger partial charge on any atom is -0.397 e. The number of nitrogen functional groups attached to an aromatic ring is 1. The molecule has 1 aromatic carbocycles. The molecule has 2 nitrogen and oxygen atoms in total. The third-order valence-electron chi connectivity index (χ3n) is 2.98. The number of rotatable bonds is 2. The zero-order valence-corrected chi connectivity index (χ0v) is 11.0. The molecule has 0 saturated heterocycles. The standard InChI is InChI=1S/C12H17IN2/c13-9-6-7-12(11(14)8-9)15-10-4-2-1-3-5-10/h6-8,10,15H,1-5,14H2. The number of hydrogen-bond acceptors (Lipinski definition) is 2. The van der Waals surface area contributed by atoms with Gasteiger partial charge in [-0.1, -0.05) is 19.3 Å². The molecule has 3 heteroatoms. The van der Waals surface area contributed by atoms with Crippen molar-refractivity contribution in [1.82, 2.24) is 0 Å². The monoisotopic (exact) mass is 316 g/mol. The first kappa shape index (κ1) is 11.0. The van der Waals surface area contributed by atoms with Crippen LogP contribution in [0.2, 0.25) is 0 Å². The van der Waals surface area contributed by atoms with E-state index >= 15 is 0 Å². The third kappa shape index (κ3) is 3.00. The number of halogens is 1. The Hall–Kier alpha value is -0.450. The SMILES string of the molecule is Nc1cc(I)ccc1NC1CCCCC1. The molecule has 2 rings (SSSR count). The Morgan fingerprint density at radius 2 is 1.93 bits per heavy atom. The topological polar surface area (TPSA) is 38.0 Å². The normalized spacial score (nSPS) is 17.7. The minimum absolute atomic E-state index is 0.626. The van der Waals surface area contributed by atoms with Gasteiger partial charge in [0.2, 0.25) is 0 Å². The van der Waals surface area contributed by atoms with E-state index in [0.29, 0.717) is 6.04 Å². The van der Waals surface area contributed by atoms with E-state index in [4.69, 9.17) is 5.73 Å². The molecule has 0 heterocycles. The zero-order valence-electron chi connectivity index (χ0n) is 8.80. The maximum atomic E-state index is 5.97. The van der Waals surface area contributed by atoms with Crippen molar-refractivity contribution >= 4 is 34.0 Å². The molecule has 0 aliphatic heterocycles. The summed E-state index contributed by atoms with van der Waals surface area (Å²) in [6, 6.07) is 6.83. The smallest absolute Gasteiger partial charge is 0.0576 e. The largest absolute Gasteiger partial charge is 0.397 e.